The van der Waals surface area contributed by atoms with Gasteiger partial charge in [-0.05, 0) is 62.1 Å². The summed E-state index contributed by atoms with van der Waals surface area (Å²) in [4.78, 5) is 33.0. The lowest BCUT2D eigenvalue weighted by Crippen LogP contribution is -2.17. The Morgan fingerprint density at radius 1 is 1.12 bits per heavy atom. The van der Waals surface area contributed by atoms with Gasteiger partial charge in [0.2, 0.25) is 0 Å². The summed E-state index contributed by atoms with van der Waals surface area (Å²) in [7, 11) is 0. The minimum atomic E-state index is -0.385. The number of nitrogens with zero attached hydrogens (tertiary/aromatic N) is 2. The van der Waals surface area contributed by atoms with Gasteiger partial charge in [-0.15, -0.1) is 23.1 Å². The molecule has 0 saturated heterocycles. The third-order valence-corrected chi connectivity index (χ3v) is 7.68. The second-order valence-corrected chi connectivity index (χ2v) is 9.71. The maximum Gasteiger partial charge on any atom is 0.259 e. The molecular formula is C24H20FN3O2S2. The van der Waals surface area contributed by atoms with Crippen molar-refractivity contribution in [2.24, 2.45) is 0 Å². The molecule has 0 atom stereocenters. The van der Waals surface area contributed by atoms with Crippen LogP contribution in [0, 0.1) is 5.82 Å². The van der Waals surface area contributed by atoms with Crippen LogP contribution in [0.1, 0.15) is 39.5 Å². The van der Waals surface area contributed by atoms with Gasteiger partial charge >= 0.3 is 0 Å². The first-order valence-electron chi connectivity index (χ1n) is 10.4. The summed E-state index contributed by atoms with van der Waals surface area (Å²) < 4.78 is 14.9. The number of anilines is 1. The van der Waals surface area contributed by atoms with Crippen LogP contribution in [0.2, 0.25) is 0 Å². The summed E-state index contributed by atoms with van der Waals surface area (Å²) in [5.41, 5.74) is 2.87. The number of para-hydroxylation sites is 1. The number of thiazole rings is 1. The Kier molecular flexibility index (Phi) is 5.80. The van der Waals surface area contributed by atoms with E-state index >= 15 is 0 Å². The Labute approximate surface area is 192 Å². The number of aromatic nitrogens is 2. The lowest BCUT2D eigenvalue weighted by molar-refractivity contribution is 0.102. The quantitative estimate of drug-likeness (QED) is 0.405. The van der Waals surface area contributed by atoms with Gasteiger partial charge in [0, 0.05) is 32.8 Å². The van der Waals surface area contributed by atoms with E-state index in [-0.39, 0.29) is 17.3 Å². The molecule has 1 N–H and O–H groups in total. The molecule has 0 bridgehead atoms. The number of thioether (sulfide) groups is 1. The fourth-order valence-electron chi connectivity index (χ4n) is 3.86. The van der Waals surface area contributed by atoms with Crippen LogP contribution in [0.15, 0.2) is 64.3 Å². The number of carbonyl (C=O) groups excluding carboxylic acids is 1. The zero-order valence-corrected chi connectivity index (χ0v) is 18.8. The van der Waals surface area contributed by atoms with Gasteiger partial charge in [0.15, 0.2) is 4.96 Å². The average Bonchev–Trinajstić information content (AvgIpc) is 3.18. The molecule has 8 heteroatoms. The Morgan fingerprint density at radius 3 is 2.75 bits per heavy atom. The van der Waals surface area contributed by atoms with E-state index in [2.05, 4.69) is 5.32 Å². The van der Waals surface area contributed by atoms with Gasteiger partial charge in [0.05, 0.1) is 11.4 Å². The first kappa shape index (κ1) is 20.9. The summed E-state index contributed by atoms with van der Waals surface area (Å²) in [5, 5.41) is 2.89. The van der Waals surface area contributed by atoms with Gasteiger partial charge in [-0.25, -0.2) is 9.37 Å². The molecule has 2 aromatic carbocycles. The summed E-state index contributed by atoms with van der Waals surface area (Å²) in [5.74, 6) is -0.179. The van der Waals surface area contributed by atoms with Crippen LogP contribution in [0.3, 0.4) is 0 Å². The number of rotatable bonds is 5. The Hall–Kier alpha value is -2.97. The van der Waals surface area contributed by atoms with Crippen LogP contribution >= 0.6 is 23.1 Å². The summed E-state index contributed by atoms with van der Waals surface area (Å²) >= 11 is 3.13. The molecule has 0 radical (unpaired) electrons. The number of fused-ring (bicyclic) bond motifs is 3. The van der Waals surface area contributed by atoms with Gasteiger partial charge in [0.1, 0.15) is 5.82 Å². The van der Waals surface area contributed by atoms with Crippen LogP contribution in [0.25, 0.3) is 4.96 Å². The molecule has 1 aliphatic rings. The van der Waals surface area contributed by atoms with Gasteiger partial charge < -0.3 is 5.32 Å². The molecule has 5 nitrogen and oxygen atoms in total. The molecule has 32 heavy (non-hydrogen) atoms. The number of amides is 1. The van der Waals surface area contributed by atoms with Gasteiger partial charge in [-0.1, -0.05) is 12.1 Å². The minimum absolute atomic E-state index is 0.0251. The third-order valence-electron chi connectivity index (χ3n) is 5.43. The molecule has 1 aliphatic carbocycles. The van der Waals surface area contributed by atoms with Crippen molar-refractivity contribution in [1.82, 2.24) is 9.38 Å². The van der Waals surface area contributed by atoms with Gasteiger partial charge in [-0.3, -0.25) is 14.0 Å². The molecule has 0 aliphatic heterocycles. The van der Waals surface area contributed by atoms with Gasteiger partial charge in [-0.2, -0.15) is 0 Å². The van der Waals surface area contributed by atoms with Crippen molar-refractivity contribution in [3.63, 3.8) is 0 Å². The predicted molar refractivity (Wildman–Crippen MR) is 126 cm³/mol. The smallest absolute Gasteiger partial charge is 0.259 e. The van der Waals surface area contributed by atoms with E-state index in [0.717, 1.165) is 46.9 Å². The first-order valence-corrected chi connectivity index (χ1v) is 12.2. The number of nitrogens with one attached hydrogen (secondary N) is 1. The first-order chi connectivity index (χ1) is 15.6. The molecule has 2 heterocycles. The summed E-state index contributed by atoms with van der Waals surface area (Å²) in [6.07, 6.45) is 4.24. The highest BCUT2D eigenvalue weighted by Gasteiger charge is 2.18. The monoisotopic (exact) mass is 465 g/mol. The highest BCUT2D eigenvalue weighted by atomic mass is 32.2. The van der Waals surface area contributed by atoms with Crippen LogP contribution in [0.4, 0.5) is 10.1 Å². The van der Waals surface area contributed by atoms with Crippen LogP contribution in [-0.2, 0) is 18.6 Å². The highest BCUT2D eigenvalue weighted by Crippen LogP contribution is 2.31. The molecule has 2 aromatic heterocycles. The van der Waals surface area contributed by atoms with Gasteiger partial charge in [0.25, 0.3) is 11.5 Å². The maximum absolute atomic E-state index is 13.1. The zero-order chi connectivity index (χ0) is 22.1. The van der Waals surface area contributed by atoms with Crippen LogP contribution < -0.4 is 10.9 Å². The van der Waals surface area contributed by atoms with E-state index in [1.165, 1.54) is 40.9 Å². The van der Waals surface area contributed by atoms with Crippen molar-refractivity contribution >= 4 is 39.7 Å². The van der Waals surface area contributed by atoms with Crippen molar-refractivity contribution in [2.45, 2.75) is 36.3 Å². The number of halogens is 1. The van der Waals surface area contributed by atoms with E-state index < -0.39 is 0 Å². The third kappa shape index (κ3) is 4.20. The molecular weight excluding hydrogens is 445 g/mol. The SMILES string of the molecule is O=C(Nc1ccccc1SCc1cc(=O)n2c3c(sc2n1)CCCC3)c1ccc(F)cc1. The molecule has 4 aromatic rings. The number of carbonyl (C=O) groups is 1. The van der Waals surface area contributed by atoms with E-state index in [0.29, 0.717) is 17.0 Å². The summed E-state index contributed by atoms with van der Waals surface area (Å²) in [6.45, 7) is 0. The van der Waals surface area contributed by atoms with Crippen LogP contribution in [0.5, 0.6) is 0 Å². The number of hydrogen-bond donors (Lipinski definition) is 1. The lowest BCUT2D eigenvalue weighted by Gasteiger charge is -2.11. The lowest BCUT2D eigenvalue weighted by atomic mass is 10.0. The molecule has 162 valence electrons. The molecule has 0 unspecified atom stereocenters. The standard InChI is InChI=1S/C24H20FN3O2S2/c25-16-11-9-15(10-12-16)23(30)27-18-5-1-3-7-20(18)31-14-17-13-22(29)28-19-6-2-4-8-21(19)32-24(28)26-17/h1,3,5,7,9-13H,2,4,6,8,14H2,(H,27,30). The van der Waals surface area contributed by atoms with Crippen molar-refractivity contribution in [1.29, 1.82) is 0 Å². The van der Waals surface area contributed by atoms with Crippen molar-refractivity contribution in [3.8, 4) is 0 Å². The van der Waals surface area contributed by atoms with Crippen molar-refractivity contribution in [3.05, 3.63) is 92.6 Å². The number of benzene rings is 2. The maximum atomic E-state index is 13.1. The van der Waals surface area contributed by atoms with Crippen molar-refractivity contribution in [2.75, 3.05) is 5.32 Å². The van der Waals surface area contributed by atoms with Crippen molar-refractivity contribution < 1.29 is 9.18 Å². The number of aryl methyl sites for hydroxylation is 2. The minimum Gasteiger partial charge on any atom is -0.321 e. The summed E-state index contributed by atoms with van der Waals surface area (Å²) in [6, 6.07) is 14.5. The second kappa shape index (κ2) is 8.88. The largest absolute Gasteiger partial charge is 0.321 e. The second-order valence-electron chi connectivity index (χ2n) is 7.63. The Balaban J connectivity index is 1.35. The fourth-order valence-corrected chi connectivity index (χ4v) is 5.99. The zero-order valence-electron chi connectivity index (χ0n) is 17.1. The number of hydrogen-bond acceptors (Lipinski definition) is 5. The fraction of sp³-hybridized carbons (Fsp3) is 0.208. The molecule has 0 fully saturated rings. The predicted octanol–water partition coefficient (Wildman–Crippen LogP) is 5.32. The van der Waals surface area contributed by atoms with E-state index in [1.807, 2.05) is 24.3 Å². The normalized spacial score (nSPS) is 13.2. The average molecular weight is 466 g/mol. The Bertz CT molecular complexity index is 1360. The molecule has 5 rings (SSSR count). The highest BCUT2D eigenvalue weighted by molar-refractivity contribution is 7.98. The van der Waals surface area contributed by atoms with E-state index in [9.17, 15) is 14.0 Å². The van der Waals surface area contributed by atoms with E-state index in [4.69, 9.17) is 4.98 Å². The van der Waals surface area contributed by atoms with Crippen LogP contribution in [-0.4, -0.2) is 15.3 Å². The topological polar surface area (TPSA) is 63.5 Å². The van der Waals surface area contributed by atoms with E-state index in [1.54, 1.807) is 21.8 Å². The Morgan fingerprint density at radius 2 is 1.91 bits per heavy atom. The molecule has 1 amide bonds. The molecule has 0 spiro atoms. The molecule has 0 saturated carbocycles.